The van der Waals surface area contributed by atoms with Gasteiger partial charge in [-0.3, -0.25) is 0 Å². The predicted molar refractivity (Wildman–Crippen MR) is 50.7 cm³/mol. The van der Waals surface area contributed by atoms with Gasteiger partial charge in [0.25, 0.3) is 0 Å². The van der Waals surface area contributed by atoms with Crippen LogP contribution in [0.2, 0.25) is 0 Å². The van der Waals surface area contributed by atoms with E-state index in [0.717, 1.165) is 3.57 Å². The number of benzene rings is 1. The Morgan fingerprint density at radius 2 is 2.00 bits per heavy atom. The first-order valence-electron chi connectivity index (χ1n) is 2.22. The lowest BCUT2D eigenvalue weighted by Gasteiger charge is -1.93. The van der Waals surface area contributed by atoms with Gasteiger partial charge in [-0.25, -0.2) is 4.39 Å². The van der Waals surface area contributed by atoms with Gasteiger partial charge in [-0.1, -0.05) is 0 Å². The number of hydrogen-bond donors (Lipinski definition) is 0. The highest BCUT2D eigenvalue weighted by molar-refractivity contribution is 14.1. The van der Waals surface area contributed by atoms with Crippen molar-refractivity contribution >= 4 is 45.2 Å². The van der Waals surface area contributed by atoms with E-state index in [9.17, 15) is 4.39 Å². The third kappa shape index (κ3) is 1.76. The van der Waals surface area contributed by atoms with Gasteiger partial charge in [-0.05, 0) is 63.4 Å². The van der Waals surface area contributed by atoms with Crippen LogP contribution in [0, 0.1) is 19.0 Å². The smallest absolute Gasteiger partial charge is 0.138 e. The van der Waals surface area contributed by atoms with Crippen LogP contribution in [0.5, 0.6) is 0 Å². The molecule has 0 N–H and O–H groups in total. The Balaban J connectivity index is 3.25. The quantitative estimate of drug-likeness (QED) is 0.500. The lowest BCUT2D eigenvalue weighted by atomic mass is 10.4. The Morgan fingerprint density at radius 3 is 2.44 bits per heavy atom. The molecule has 0 heterocycles. The van der Waals surface area contributed by atoms with Crippen LogP contribution >= 0.6 is 45.2 Å². The van der Waals surface area contributed by atoms with Crippen LogP contribution in [-0.2, 0) is 0 Å². The van der Waals surface area contributed by atoms with Crippen molar-refractivity contribution in [2.75, 3.05) is 0 Å². The SMILES string of the molecule is Fc1c[c]cc(I)c1I. The summed E-state index contributed by atoms with van der Waals surface area (Å²) < 4.78 is 14.1. The van der Waals surface area contributed by atoms with Crippen LogP contribution in [0.4, 0.5) is 4.39 Å². The molecule has 0 saturated heterocycles. The fraction of sp³-hybridized carbons (Fsp3) is 0. The van der Waals surface area contributed by atoms with Crippen LogP contribution in [-0.4, -0.2) is 0 Å². The van der Waals surface area contributed by atoms with E-state index in [2.05, 4.69) is 28.7 Å². The molecule has 0 aliphatic rings. The Bertz CT molecular complexity index is 202. The molecule has 0 unspecified atom stereocenters. The maximum atomic E-state index is 12.5. The lowest BCUT2D eigenvalue weighted by molar-refractivity contribution is 0.619. The summed E-state index contributed by atoms with van der Waals surface area (Å²) >= 11 is 4.04. The molecule has 0 fully saturated rings. The van der Waals surface area contributed by atoms with E-state index in [1.807, 2.05) is 22.6 Å². The minimum atomic E-state index is -0.192. The number of rotatable bonds is 0. The molecule has 9 heavy (non-hydrogen) atoms. The molecule has 0 amide bonds. The van der Waals surface area contributed by atoms with E-state index in [4.69, 9.17) is 0 Å². The molecular weight excluding hydrogens is 345 g/mol. The van der Waals surface area contributed by atoms with Gasteiger partial charge < -0.3 is 0 Å². The molecule has 0 atom stereocenters. The zero-order valence-electron chi connectivity index (χ0n) is 4.29. The first-order chi connectivity index (χ1) is 4.22. The van der Waals surface area contributed by atoms with E-state index < -0.39 is 0 Å². The first-order valence-corrected chi connectivity index (χ1v) is 4.38. The Hall–Kier alpha value is 0.610. The van der Waals surface area contributed by atoms with Crippen molar-refractivity contribution in [2.24, 2.45) is 0 Å². The first kappa shape index (κ1) is 7.71. The third-order valence-corrected chi connectivity index (χ3v) is 3.82. The van der Waals surface area contributed by atoms with E-state index in [1.165, 1.54) is 6.07 Å². The zero-order valence-corrected chi connectivity index (χ0v) is 8.60. The summed E-state index contributed by atoms with van der Waals surface area (Å²) in [7, 11) is 0. The van der Waals surface area contributed by atoms with Crippen molar-refractivity contribution in [3.05, 3.63) is 31.2 Å². The highest BCUT2D eigenvalue weighted by Crippen LogP contribution is 2.16. The van der Waals surface area contributed by atoms with Gasteiger partial charge in [0.1, 0.15) is 5.82 Å². The van der Waals surface area contributed by atoms with E-state index in [1.54, 1.807) is 6.07 Å². The largest absolute Gasteiger partial charge is 0.206 e. The van der Waals surface area contributed by atoms with Crippen molar-refractivity contribution in [3.63, 3.8) is 0 Å². The second-order valence-electron chi connectivity index (χ2n) is 1.47. The maximum Gasteiger partial charge on any atom is 0.138 e. The summed E-state index contributed by atoms with van der Waals surface area (Å²) in [5.74, 6) is -0.192. The molecule has 1 radical (unpaired) electrons. The minimum absolute atomic E-state index is 0.192. The number of hydrogen-bond acceptors (Lipinski definition) is 0. The molecule has 0 aromatic heterocycles. The molecule has 0 aliphatic carbocycles. The molecule has 0 spiro atoms. The summed E-state index contributed by atoms with van der Waals surface area (Å²) in [6, 6.07) is 5.78. The van der Waals surface area contributed by atoms with Gasteiger partial charge >= 0.3 is 0 Å². The normalized spacial score (nSPS) is 9.67. The lowest BCUT2D eigenvalue weighted by Crippen LogP contribution is -1.83. The maximum absolute atomic E-state index is 12.5. The zero-order chi connectivity index (χ0) is 6.85. The Morgan fingerprint density at radius 1 is 1.33 bits per heavy atom. The third-order valence-electron chi connectivity index (χ3n) is 0.839. The van der Waals surface area contributed by atoms with Gasteiger partial charge in [0, 0.05) is 3.57 Å². The van der Waals surface area contributed by atoms with E-state index in [0.29, 0.717) is 3.57 Å². The fourth-order valence-corrected chi connectivity index (χ4v) is 1.18. The molecule has 0 bridgehead atoms. The Labute approximate surface area is 80.1 Å². The second-order valence-corrected chi connectivity index (χ2v) is 3.71. The van der Waals surface area contributed by atoms with Crippen LogP contribution in [0.15, 0.2) is 12.1 Å². The Kier molecular flexibility index (Phi) is 2.69. The average molecular weight is 347 g/mol. The van der Waals surface area contributed by atoms with Crippen LogP contribution in [0.1, 0.15) is 0 Å². The van der Waals surface area contributed by atoms with Crippen LogP contribution in [0.25, 0.3) is 0 Å². The highest BCUT2D eigenvalue weighted by atomic mass is 127. The minimum Gasteiger partial charge on any atom is -0.206 e. The van der Waals surface area contributed by atoms with Gasteiger partial charge in [-0.2, -0.15) is 0 Å². The van der Waals surface area contributed by atoms with Crippen LogP contribution in [0.3, 0.4) is 0 Å². The summed E-state index contributed by atoms with van der Waals surface area (Å²) in [6.07, 6.45) is 0. The highest BCUT2D eigenvalue weighted by Gasteiger charge is 1.99. The average Bonchev–Trinajstić information content (AvgIpc) is 1.83. The van der Waals surface area contributed by atoms with Gasteiger partial charge in [0.05, 0.1) is 3.57 Å². The molecular formula is C6H2FI2. The van der Waals surface area contributed by atoms with Crippen molar-refractivity contribution in [2.45, 2.75) is 0 Å². The van der Waals surface area contributed by atoms with Gasteiger partial charge in [-0.15, -0.1) is 0 Å². The fourth-order valence-electron chi connectivity index (χ4n) is 0.429. The van der Waals surface area contributed by atoms with Gasteiger partial charge in [0.2, 0.25) is 0 Å². The van der Waals surface area contributed by atoms with Crippen molar-refractivity contribution < 1.29 is 4.39 Å². The number of halogens is 3. The van der Waals surface area contributed by atoms with E-state index >= 15 is 0 Å². The molecule has 3 heteroatoms. The van der Waals surface area contributed by atoms with Gasteiger partial charge in [0.15, 0.2) is 0 Å². The summed E-state index contributed by atoms with van der Waals surface area (Å²) in [5, 5.41) is 0. The topological polar surface area (TPSA) is 0 Å². The van der Waals surface area contributed by atoms with Crippen molar-refractivity contribution in [3.8, 4) is 0 Å². The molecule has 1 aromatic rings. The summed E-state index contributed by atoms with van der Waals surface area (Å²) in [4.78, 5) is 0. The summed E-state index contributed by atoms with van der Waals surface area (Å²) in [5.41, 5.74) is 0. The molecule has 1 rings (SSSR count). The van der Waals surface area contributed by atoms with Crippen molar-refractivity contribution in [1.82, 2.24) is 0 Å². The molecule has 47 valence electrons. The van der Waals surface area contributed by atoms with E-state index in [-0.39, 0.29) is 5.82 Å². The predicted octanol–water partition coefficient (Wildman–Crippen LogP) is 2.84. The monoisotopic (exact) mass is 347 g/mol. The molecule has 0 saturated carbocycles. The summed E-state index contributed by atoms with van der Waals surface area (Å²) in [6.45, 7) is 0. The molecule has 0 aliphatic heterocycles. The second kappa shape index (κ2) is 3.14. The standard InChI is InChI=1S/C6H2FI2/c7-4-2-1-3-5(8)6(4)9/h2-3H. The van der Waals surface area contributed by atoms with Crippen LogP contribution < -0.4 is 0 Å². The molecule has 1 aromatic carbocycles. The molecule has 0 nitrogen and oxygen atoms in total. The van der Waals surface area contributed by atoms with Crippen molar-refractivity contribution in [1.29, 1.82) is 0 Å².